The Morgan fingerprint density at radius 2 is 2.20 bits per heavy atom. The van der Waals surface area contributed by atoms with Crippen molar-refractivity contribution in [1.82, 2.24) is 0 Å². The third kappa shape index (κ3) is 3.42. The minimum absolute atomic E-state index is 0.651. The van der Waals surface area contributed by atoms with Crippen LogP contribution in [0.1, 0.15) is 6.92 Å². The van der Waals surface area contributed by atoms with Gasteiger partial charge >= 0.3 is 5.97 Å². The summed E-state index contributed by atoms with van der Waals surface area (Å²) in [4.78, 5) is 20.5. The second kappa shape index (κ2) is 4.24. The summed E-state index contributed by atoms with van der Waals surface area (Å²) in [5, 5.41) is 8.19. The Morgan fingerprint density at radius 3 is 2.50 bits per heavy atom. The molecule has 0 fully saturated rings. The Kier molecular flexibility index (Phi) is 3.99. The van der Waals surface area contributed by atoms with E-state index < -0.39 is 23.9 Å². The molecule has 0 amide bonds. The summed E-state index contributed by atoms with van der Waals surface area (Å²) in [5.41, 5.74) is -1.36. The van der Waals surface area contributed by atoms with Gasteiger partial charge in [-0.2, -0.15) is 0 Å². The average molecular weight is 167 g/mol. The van der Waals surface area contributed by atoms with Crippen LogP contribution in [-0.4, -0.2) is 29.0 Å². The summed E-state index contributed by atoms with van der Waals surface area (Å²) >= 11 is 5.17. The molecule has 0 aromatic heterocycles. The maximum absolute atomic E-state index is 10.4. The van der Waals surface area contributed by atoms with Crippen molar-refractivity contribution >= 4 is 23.4 Å². The Morgan fingerprint density at radius 1 is 1.70 bits per heavy atom. The predicted molar refractivity (Wildman–Crippen MR) is 33.5 cm³/mol. The summed E-state index contributed by atoms with van der Waals surface area (Å²) in [6, 6.07) is 0. The molecule has 0 radical (unpaired) electrons. The van der Waals surface area contributed by atoms with Crippen LogP contribution in [0.4, 0.5) is 0 Å². The predicted octanol–water partition coefficient (Wildman–Crippen LogP) is -0.324. The Labute approximate surface area is 62.7 Å². The van der Waals surface area contributed by atoms with Crippen molar-refractivity contribution in [3.63, 3.8) is 0 Å². The molecular weight excluding hydrogens is 160 g/mol. The minimum Gasteiger partial charge on any atom is -0.438 e. The van der Waals surface area contributed by atoms with E-state index in [0.717, 1.165) is 6.92 Å². The maximum atomic E-state index is 10.4. The lowest BCUT2D eigenvalue weighted by Gasteiger charge is -2.04. The van der Waals surface area contributed by atoms with Gasteiger partial charge in [0.1, 0.15) is 6.61 Å². The first kappa shape index (κ1) is 9.39. The highest BCUT2D eigenvalue weighted by atomic mass is 35.5. The smallest absolute Gasteiger partial charge is 0.304 e. The van der Waals surface area contributed by atoms with Crippen LogP contribution in [0.3, 0.4) is 0 Å². The molecule has 0 aliphatic carbocycles. The summed E-state index contributed by atoms with van der Waals surface area (Å²) < 4.78 is 4.22. The molecule has 4 nitrogen and oxygen atoms in total. The number of halogens is 1. The van der Waals surface area contributed by atoms with Gasteiger partial charge in [0.25, 0.3) is 0 Å². The molecule has 0 heterocycles. The fraction of sp³-hybridized carbons (Fsp3) is 0.600. The minimum atomic E-state index is -1.36. The van der Waals surface area contributed by atoms with Crippen molar-refractivity contribution in [3.05, 3.63) is 0 Å². The number of hydrogen-bond acceptors (Lipinski definition) is 4. The zero-order valence-corrected chi connectivity index (χ0v) is 6.09. The average Bonchev–Trinajstić information content (AvgIpc) is 1.85. The van der Waals surface area contributed by atoms with Gasteiger partial charge < -0.3 is 9.84 Å². The fourth-order valence-corrected chi connectivity index (χ4v) is 0.478. The zero-order chi connectivity index (χ0) is 8.15. The molecule has 58 valence electrons. The molecule has 0 aliphatic rings. The van der Waals surface area contributed by atoms with Gasteiger partial charge in [-0.1, -0.05) is 11.6 Å². The van der Waals surface area contributed by atoms with E-state index in [1.807, 2.05) is 0 Å². The topological polar surface area (TPSA) is 63.6 Å². The van der Waals surface area contributed by atoms with Crippen LogP contribution < -0.4 is 0 Å². The van der Waals surface area contributed by atoms with E-state index in [1.54, 1.807) is 0 Å². The summed E-state index contributed by atoms with van der Waals surface area (Å²) in [5.74, 6) is -1.38. The van der Waals surface area contributed by atoms with Crippen LogP contribution >= 0.6 is 11.6 Å². The highest BCUT2D eigenvalue weighted by molar-refractivity contribution is 6.30. The molecule has 10 heavy (non-hydrogen) atoms. The first-order valence-corrected chi connectivity index (χ1v) is 2.96. The normalized spacial score (nSPS) is 12.3. The largest absolute Gasteiger partial charge is 0.438 e. The van der Waals surface area contributed by atoms with Crippen molar-refractivity contribution in [2.45, 2.75) is 12.5 Å². The molecule has 1 N–H and O–H groups in total. The number of alkyl halides is 1. The number of carbonyl (C=O) groups excluding carboxylic acids is 2. The third-order valence-corrected chi connectivity index (χ3v) is 1.01. The van der Waals surface area contributed by atoms with Crippen molar-refractivity contribution in [1.29, 1.82) is 0 Å². The lowest BCUT2D eigenvalue weighted by Crippen LogP contribution is -2.23. The summed E-state index contributed by atoms with van der Waals surface area (Å²) in [6.45, 7) is 0.404. The highest BCUT2D eigenvalue weighted by Crippen LogP contribution is 1.99. The first-order chi connectivity index (χ1) is 4.57. The van der Waals surface area contributed by atoms with E-state index in [-0.39, 0.29) is 0 Å². The van der Waals surface area contributed by atoms with Gasteiger partial charge in [0.2, 0.25) is 11.3 Å². The first-order valence-electron chi connectivity index (χ1n) is 2.52. The van der Waals surface area contributed by atoms with Crippen molar-refractivity contribution in [2.24, 2.45) is 0 Å². The Bertz CT molecular complexity index is 145. The van der Waals surface area contributed by atoms with Gasteiger partial charge in [-0.3, -0.25) is 9.59 Å². The number of aliphatic hydroxyl groups excluding tert-OH is 1. The Hall–Kier alpha value is -0.610. The monoisotopic (exact) mass is 166 g/mol. The molecule has 1 unspecified atom stereocenters. The standard InChI is InChI=1S/C5H7ClO4/c1-3(8)10-5(6)4(9)2-7/h5,7H,2H2,1H3. The molecule has 0 bridgehead atoms. The van der Waals surface area contributed by atoms with E-state index in [9.17, 15) is 9.59 Å². The second-order valence-corrected chi connectivity index (χ2v) is 1.95. The molecule has 0 spiro atoms. The van der Waals surface area contributed by atoms with Gasteiger partial charge in [0.15, 0.2) is 0 Å². The molecule has 1 atom stereocenters. The van der Waals surface area contributed by atoms with Crippen LogP contribution in [0.2, 0.25) is 0 Å². The van der Waals surface area contributed by atoms with Crippen LogP contribution in [0.5, 0.6) is 0 Å². The molecule has 0 saturated heterocycles. The fourth-order valence-electron chi connectivity index (χ4n) is 0.283. The van der Waals surface area contributed by atoms with Gasteiger partial charge in [-0.15, -0.1) is 0 Å². The van der Waals surface area contributed by atoms with Gasteiger partial charge in [-0.05, 0) is 0 Å². The molecule has 0 saturated carbocycles. The molecule has 5 heteroatoms. The SMILES string of the molecule is CC(=O)OC(Cl)C(=O)CO. The van der Waals surface area contributed by atoms with E-state index >= 15 is 0 Å². The van der Waals surface area contributed by atoms with E-state index in [2.05, 4.69) is 4.74 Å². The number of Topliss-reactive ketones (excluding diaryl/α,β-unsaturated/α-hetero) is 1. The lowest BCUT2D eigenvalue weighted by atomic mass is 10.4. The number of hydrogen-bond donors (Lipinski definition) is 1. The highest BCUT2D eigenvalue weighted by Gasteiger charge is 2.16. The van der Waals surface area contributed by atoms with Crippen molar-refractivity contribution in [2.75, 3.05) is 6.61 Å². The van der Waals surface area contributed by atoms with Gasteiger partial charge in [0.05, 0.1) is 0 Å². The summed E-state index contributed by atoms with van der Waals surface area (Å²) in [6.07, 6.45) is 0. The summed E-state index contributed by atoms with van der Waals surface area (Å²) in [7, 11) is 0. The number of esters is 1. The molecule has 0 rings (SSSR count). The molecule has 0 aromatic rings. The number of carbonyl (C=O) groups is 2. The molecule has 0 aromatic carbocycles. The second-order valence-electron chi connectivity index (χ2n) is 1.55. The van der Waals surface area contributed by atoms with Crippen LogP contribution in [0.15, 0.2) is 0 Å². The van der Waals surface area contributed by atoms with Crippen molar-refractivity contribution in [3.8, 4) is 0 Å². The number of rotatable bonds is 3. The van der Waals surface area contributed by atoms with Crippen molar-refractivity contribution < 1.29 is 19.4 Å². The van der Waals surface area contributed by atoms with E-state index in [1.165, 1.54) is 0 Å². The molecule has 0 aliphatic heterocycles. The van der Waals surface area contributed by atoms with Crippen LogP contribution in [0, 0.1) is 0 Å². The lowest BCUT2D eigenvalue weighted by molar-refractivity contribution is -0.149. The third-order valence-electron chi connectivity index (χ3n) is 0.678. The van der Waals surface area contributed by atoms with Crippen LogP contribution in [-0.2, 0) is 14.3 Å². The zero-order valence-electron chi connectivity index (χ0n) is 5.33. The quantitative estimate of drug-likeness (QED) is 0.461. The van der Waals surface area contributed by atoms with Gasteiger partial charge in [-0.25, -0.2) is 0 Å². The van der Waals surface area contributed by atoms with E-state index in [4.69, 9.17) is 16.7 Å². The maximum Gasteiger partial charge on any atom is 0.304 e. The molecular formula is C5H7ClO4. The number of ketones is 1. The number of ether oxygens (including phenoxy) is 1. The van der Waals surface area contributed by atoms with Crippen LogP contribution in [0.25, 0.3) is 0 Å². The Balaban J connectivity index is 3.72. The van der Waals surface area contributed by atoms with Gasteiger partial charge in [0, 0.05) is 6.92 Å². The number of aliphatic hydroxyl groups is 1. The van der Waals surface area contributed by atoms with E-state index in [0.29, 0.717) is 0 Å².